The maximum Gasteiger partial charge on any atom is 0.338 e. The predicted molar refractivity (Wildman–Crippen MR) is 121 cm³/mol. The Morgan fingerprint density at radius 1 is 1.28 bits per heavy atom. The molecule has 0 N–H and O–H groups in total. The summed E-state index contributed by atoms with van der Waals surface area (Å²) >= 11 is 1.26. The first-order valence-electron chi connectivity index (χ1n) is 10.4. The van der Waals surface area contributed by atoms with Crippen LogP contribution in [-0.4, -0.2) is 23.2 Å². The molecule has 4 rings (SSSR count). The third kappa shape index (κ3) is 4.18. The molecule has 0 saturated heterocycles. The summed E-state index contributed by atoms with van der Waals surface area (Å²) in [5.41, 5.74) is 1.40. The van der Waals surface area contributed by atoms with Crippen LogP contribution < -0.4 is 19.6 Å². The van der Waals surface area contributed by atoms with Gasteiger partial charge in [-0.05, 0) is 57.5 Å². The molecular formula is C24H24N2O5S. The number of ether oxygens (including phenoxy) is 2. The normalized spacial score (nSPS) is 16.2. The van der Waals surface area contributed by atoms with Crippen molar-refractivity contribution in [3.05, 3.63) is 84.9 Å². The van der Waals surface area contributed by atoms with Gasteiger partial charge in [-0.1, -0.05) is 23.5 Å². The topological polar surface area (TPSA) is 83.0 Å². The summed E-state index contributed by atoms with van der Waals surface area (Å²) in [5.74, 6) is 0.803. The van der Waals surface area contributed by atoms with Crippen LogP contribution in [-0.2, 0) is 9.53 Å². The summed E-state index contributed by atoms with van der Waals surface area (Å²) in [6.45, 7) is 7.65. The van der Waals surface area contributed by atoms with Crippen LogP contribution in [0.1, 0.15) is 45.1 Å². The molecule has 3 heterocycles. The number of nitrogens with zero attached hydrogens (tertiary/aromatic N) is 2. The molecule has 3 aromatic rings. The van der Waals surface area contributed by atoms with Crippen molar-refractivity contribution < 1.29 is 18.7 Å². The number of allylic oxidation sites excluding steroid dienone is 1. The van der Waals surface area contributed by atoms with E-state index in [1.54, 1.807) is 42.9 Å². The Kier molecular flexibility index (Phi) is 6.14. The van der Waals surface area contributed by atoms with Gasteiger partial charge < -0.3 is 13.9 Å². The number of hydrogen-bond acceptors (Lipinski definition) is 7. The Hall–Kier alpha value is -3.39. The minimum atomic E-state index is -0.655. The summed E-state index contributed by atoms with van der Waals surface area (Å²) in [5, 5.41) is 0. The first-order valence-corrected chi connectivity index (χ1v) is 11.2. The van der Waals surface area contributed by atoms with Crippen molar-refractivity contribution in [1.82, 2.24) is 4.57 Å². The van der Waals surface area contributed by atoms with Crippen LogP contribution in [0, 0.1) is 0 Å². The lowest BCUT2D eigenvalue weighted by Gasteiger charge is -2.25. The average molecular weight is 453 g/mol. The Labute approximate surface area is 188 Å². The molecule has 0 bridgehead atoms. The van der Waals surface area contributed by atoms with Gasteiger partial charge in [-0.3, -0.25) is 9.36 Å². The highest BCUT2D eigenvalue weighted by molar-refractivity contribution is 7.07. The average Bonchev–Trinajstić information content (AvgIpc) is 3.36. The summed E-state index contributed by atoms with van der Waals surface area (Å²) in [6.07, 6.45) is 3.27. The monoisotopic (exact) mass is 452 g/mol. The van der Waals surface area contributed by atoms with E-state index in [9.17, 15) is 9.59 Å². The molecular weight excluding hydrogens is 428 g/mol. The van der Waals surface area contributed by atoms with E-state index in [2.05, 4.69) is 4.99 Å². The molecule has 8 heteroatoms. The van der Waals surface area contributed by atoms with Gasteiger partial charge in [0.2, 0.25) is 0 Å². The molecule has 0 amide bonds. The van der Waals surface area contributed by atoms with Crippen molar-refractivity contribution >= 4 is 23.4 Å². The molecule has 32 heavy (non-hydrogen) atoms. The van der Waals surface area contributed by atoms with Gasteiger partial charge in [0, 0.05) is 6.08 Å². The molecule has 1 aliphatic rings. The fourth-order valence-corrected chi connectivity index (χ4v) is 4.64. The smallest absolute Gasteiger partial charge is 0.338 e. The zero-order chi connectivity index (χ0) is 22.8. The van der Waals surface area contributed by atoms with Crippen molar-refractivity contribution in [3.63, 3.8) is 0 Å². The van der Waals surface area contributed by atoms with Gasteiger partial charge in [0.15, 0.2) is 4.80 Å². The molecule has 7 nitrogen and oxygen atoms in total. The fraction of sp³-hybridized carbons (Fsp3) is 0.292. The second-order valence-corrected chi connectivity index (χ2v) is 8.56. The number of fused-ring (bicyclic) bond motifs is 1. The van der Waals surface area contributed by atoms with Crippen molar-refractivity contribution in [2.75, 3.05) is 6.61 Å². The van der Waals surface area contributed by atoms with Gasteiger partial charge in [0.1, 0.15) is 11.5 Å². The number of carbonyl (C=O) groups is 1. The van der Waals surface area contributed by atoms with Gasteiger partial charge >= 0.3 is 5.97 Å². The standard InChI is InChI=1S/C24H24N2O5S/c1-5-29-23(28)20-15(4)25-24-26(22(27)19(32-24)13-18-7-6-12-30-18)21(20)16-8-10-17(11-9-16)31-14(2)3/h6-14,21H,5H2,1-4H3/b19-13+. The van der Waals surface area contributed by atoms with Crippen molar-refractivity contribution in [2.45, 2.75) is 39.8 Å². The highest BCUT2D eigenvalue weighted by atomic mass is 32.1. The van der Waals surface area contributed by atoms with Gasteiger partial charge in [-0.25, -0.2) is 9.79 Å². The molecule has 2 aromatic heterocycles. The number of hydrogen-bond donors (Lipinski definition) is 0. The van der Waals surface area contributed by atoms with E-state index < -0.39 is 12.0 Å². The molecule has 166 valence electrons. The summed E-state index contributed by atoms with van der Waals surface area (Å²) in [6, 6.07) is 10.3. The van der Waals surface area contributed by atoms with Crippen LogP contribution in [0.15, 0.2) is 68.1 Å². The minimum Gasteiger partial charge on any atom is -0.491 e. The summed E-state index contributed by atoms with van der Waals surface area (Å²) < 4.78 is 18.4. The number of thiazole rings is 1. The number of esters is 1. The number of carbonyl (C=O) groups excluding carboxylic acids is 1. The molecule has 0 saturated carbocycles. The molecule has 1 unspecified atom stereocenters. The number of furan rings is 1. The van der Waals surface area contributed by atoms with E-state index in [1.807, 2.05) is 38.1 Å². The maximum atomic E-state index is 13.4. The second kappa shape index (κ2) is 9.00. The highest BCUT2D eigenvalue weighted by Crippen LogP contribution is 2.31. The third-order valence-electron chi connectivity index (χ3n) is 4.90. The Morgan fingerprint density at radius 2 is 2.03 bits per heavy atom. The Balaban J connectivity index is 1.89. The van der Waals surface area contributed by atoms with Gasteiger partial charge in [-0.15, -0.1) is 0 Å². The molecule has 1 aromatic carbocycles. The van der Waals surface area contributed by atoms with Crippen LogP contribution in [0.4, 0.5) is 0 Å². The van der Waals surface area contributed by atoms with Gasteiger partial charge in [-0.2, -0.15) is 0 Å². The minimum absolute atomic E-state index is 0.0392. The fourth-order valence-electron chi connectivity index (χ4n) is 3.61. The predicted octanol–water partition coefficient (Wildman–Crippen LogP) is 3.18. The first-order chi connectivity index (χ1) is 15.4. The van der Waals surface area contributed by atoms with E-state index in [-0.39, 0.29) is 18.3 Å². The third-order valence-corrected chi connectivity index (χ3v) is 5.88. The number of benzene rings is 1. The van der Waals surface area contributed by atoms with E-state index >= 15 is 0 Å². The summed E-state index contributed by atoms with van der Waals surface area (Å²) in [7, 11) is 0. The van der Waals surface area contributed by atoms with Crippen molar-refractivity contribution in [2.24, 2.45) is 4.99 Å². The van der Waals surface area contributed by atoms with Gasteiger partial charge in [0.25, 0.3) is 5.56 Å². The molecule has 1 aliphatic heterocycles. The number of aromatic nitrogens is 1. The molecule has 0 radical (unpaired) electrons. The zero-order valence-electron chi connectivity index (χ0n) is 18.3. The maximum absolute atomic E-state index is 13.4. The van der Waals surface area contributed by atoms with E-state index in [1.165, 1.54) is 11.3 Å². The highest BCUT2D eigenvalue weighted by Gasteiger charge is 2.33. The zero-order valence-corrected chi connectivity index (χ0v) is 19.1. The lowest BCUT2D eigenvalue weighted by atomic mass is 9.96. The van der Waals surface area contributed by atoms with Crippen LogP contribution >= 0.6 is 11.3 Å². The number of rotatable bonds is 6. The second-order valence-electron chi connectivity index (χ2n) is 7.55. The first kappa shape index (κ1) is 21.8. The van der Waals surface area contributed by atoms with E-state index in [4.69, 9.17) is 13.9 Å². The SMILES string of the molecule is CCOC(=O)C1=C(C)N=c2s/c(=C/c3ccco3)c(=O)n2C1c1ccc(OC(C)C)cc1. The molecule has 0 fully saturated rings. The van der Waals surface area contributed by atoms with Crippen LogP contribution in [0.5, 0.6) is 5.75 Å². The lowest BCUT2D eigenvalue weighted by Crippen LogP contribution is -2.39. The van der Waals surface area contributed by atoms with E-state index in [0.717, 1.165) is 5.56 Å². The Morgan fingerprint density at radius 3 is 2.66 bits per heavy atom. The molecule has 1 atom stereocenters. The van der Waals surface area contributed by atoms with E-state index in [0.29, 0.717) is 32.1 Å². The Bertz CT molecular complexity index is 1330. The van der Waals surface area contributed by atoms with Crippen LogP contribution in [0.25, 0.3) is 6.08 Å². The lowest BCUT2D eigenvalue weighted by molar-refractivity contribution is -0.139. The van der Waals surface area contributed by atoms with Crippen molar-refractivity contribution in [3.8, 4) is 5.75 Å². The summed E-state index contributed by atoms with van der Waals surface area (Å²) in [4.78, 5) is 31.4. The van der Waals surface area contributed by atoms with Crippen molar-refractivity contribution in [1.29, 1.82) is 0 Å². The largest absolute Gasteiger partial charge is 0.491 e. The quantitative estimate of drug-likeness (QED) is 0.537. The molecule has 0 aliphatic carbocycles. The van der Waals surface area contributed by atoms with Crippen LogP contribution in [0.2, 0.25) is 0 Å². The van der Waals surface area contributed by atoms with Gasteiger partial charge in [0.05, 0.1) is 40.8 Å². The molecule has 0 spiro atoms. The van der Waals surface area contributed by atoms with Crippen LogP contribution in [0.3, 0.4) is 0 Å².